The van der Waals surface area contributed by atoms with Crippen molar-refractivity contribution in [3.05, 3.63) is 12.2 Å². The Hall–Kier alpha value is -2.12. The van der Waals surface area contributed by atoms with E-state index in [1.807, 2.05) is 9.47 Å². The second-order valence-corrected chi connectivity index (χ2v) is 5.20. The van der Waals surface area contributed by atoms with Crippen LogP contribution in [0.5, 0.6) is 0 Å². The largest absolute Gasteiger partial charge is 0.357 e. The zero-order chi connectivity index (χ0) is 15.9. The minimum atomic E-state index is 0.137. The van der Waals surface area contributed by atoms with Crippen LogP contribution in [0.1, 0.15) is 26.6 Å². The molecule has 0 aliphatic carbocycles. The fourth-order valence-corrected chi connectivity index (χ4v) is 2.47. The van der Waals surface area contributed by atoms with Gasteiger partial charge >= 0.3 is 0 Å². The SMILES string of the molecule is CCNC(=NCc1nncn1CC)N1CCN(C(C)=O)CC1. The number of nitrogens with one attached hydrogen (secondary N) is 1. The molecule has 8 heteroatoms. The molecule has 1 saturated heterocycles. The number of aliphatic imine (C=N–C) groups is 1. The van der Waals surface area contributed by atoms with E-state index in [0.29, 0.717) is 6.54 Å². The summed E-state index contributed by atoms with van der Waals surface area (Å²) in [6, 6.07) is 0. The molecule has 1 fully saturated rings. The van der Waals surface area contributed by atoms with Crippen LogP contribution >= 0.6 is 0 Å². The van der Waals surface area contributed by atoms with Gasteiger partial charge in [0.1, 0.15) is 12.9 Å². The highest BCUT2D eigenvalue weighted by Gasteiger charge is 2.20. The van der Waals surface area contributed by atoms with Crippen molar-refractivity contribution in [2.45, 2.75) is 33.9 Å². The highest BCUT2D eigenvalue weighted by atomic mass is 16.2. The molecule has 1 aliphatic rings. The molecule has 0 bridgehead atoms. The highest BCUT2D eigenvalue weighted by Crippen LogP contribution is 2.04. The first-order chi connectivity index (χ1) is 10.7. The van der Waals surface area contributed by atoms with E-state index >= 15 is 0 Å². The van der Waals surface area contributed by atoms with Gasteiger partial charge in [0.25, 0.3) is 0 Å². The predicted octanol–water partition coefficient (Wildman–Crippen LogP) is -0.0724. The standard InChI is InChI=1S/C14H25N7O/c1-4-15-14(16-10-13-18-17-11-19(13)5-2)21-8-6-20(7-9-21)12(3)22/h11H,4-10H2,1-3H3,(H,15,16). The van der Waals surface area contributed by atoms with Gasteiger partial charge in [-0.1, -0.05) is 0 Å². The molecule has 1 aliphatic heterocycles. The molecule has 0 spiro atoms. The number of carbonyl (C=O) groups is 1. The van der Waals surface area contributed by atoms with E-state index in [0.717, 1.165) is 51.1 Å². The molecule has 0 atom stereocenters. The van der Waals surface area contributed by atoms with Crippen LogP contribution in [-0.4, -0.2) is 69.2 Å². The summed E-state index contributed by atoms with van der Waals surface area (Å²) < 4.78 is 1.99. The van der Waals surface area contributed by atoms with Crippen LogP contribution in [-0.2, 0) is 17.9 Å². The maximum absolute atomic E-state index is 11.4. The topological polar surface area (TPSA) is 78.7 Å². The molecule has 1 N–H and O–H groups in total. The van der Waals surface area contributed by atoms with Gasteiger partial charge in [-0.15, -0.1) is 10.2 Å². The lowest BCUT2D eigenvalue weighted by molar-refractivity contribution is -0.130. The molecule has 122 valence electrons. The normalized spacial score (nSPS) is 16.0. The lowest BCUT2D eigenvalue weighted by Gasteiger charge is -2.36. The molecule has 1 aromatic rings. The van der Waals surface area contributed by atoms with Crippen LogP contribution < -0.4 is 5.32 Å². The van der Waals surface area contributed by atoms with Gasteiger partial charge in [-0.25, -0.2) is 4.99 Å². The van der Waals surface area contributed by atoms with Crippen molar-refractivity contribution in [2.24, 2.45) is 4.99 Å². The van der Waals surface area contributed by atoms with Gasteiger partial charge in [0, 0.05) is 46.2 Å². The summed E-state index contributed by atoms with van der Waals surface area (Å²) >= 11 is 0. The van der Waals surface area contributed by atoms with E-state index in [1.54, 1.807) is 13.3 Å². The van der Waals surface area contributed by atoms with E-state index in [4.69, 9.17) is 0 Å². The van der Waals surface area contributed by atoms with Gasteiger partial charge in [0.15, 0.2) is 11.8 Å². The van der Waals surface area contributed by atoms with E-state index in [9.17, 15) is 4.79 Å². The molecule has 22 heavy (non-hydrogen) atoms. The van der Waals surface area contributed by atoms with Crippen molar-refractivity contribution in [1.82, 2.24) is 29.9 Å². The molecule has 8 nitrogen and oxygen atoms in total. The number of piperazine rings is 1. The lowest BCUT2D eigenvalue weighted by Crippen LogP contribution is -2.53. The number of aryl methyl sites for hydroxylation is 1. The Bertz CT molecular complexity index is 517. The highest BCUT2D eigenvalue weighted by molar-refractivity contribution is 5.80. The Morgan fingerprint density at radius 3 is 2.55 bits per heavy atom. The fourth-order valence-electron chi connectivity index (χ4n) is 2.47. The molecule has 0 unspecified atom stereocenters. The Balaban J connectivity index is 2.00. The van der Waals surface area contributed by atoms with Gasteiger partial charge in [0.2, 0.25) is 5.91 Å². The minimum absolute atomic E-state index is 0.137. The van der Waals surface area contributed by atoms with Crippen molar-refractivity contribution in [2.75, 3.05) is 32.7 Å². The number of nitrogens with zero attached hydrogens (tertiary/aromatic N) is 6. The molecule has 0 aromatic carbocycles. The summed E-state index contributed by atoms with van der Waals surface area (Å²) in [6.45, 7) is 11.0. The summed E-state index contributed by atoms with van der Waals surface area (Å²) in [7, 11) is 0. The van der Waals surface area contributed by atoms with Gasteiger partial charge in [-0.2, -0.15) is 0 Å². The van der Waals surface area contributed by atoms with Crippen LogP contribution in [0.25, 0.3) is 0 Å². The number of carbonyl (C=O) groups excluding carboxylic acids is 1. The second kappa shape index (κ2) is 7.77. The third-order valence-electron chi connectivity index (χ3n) is 3.77. The zero-order valence-electron chi connectivity index (χ0n) is 13.6. The lowest BCUT2D eigenvalue weighted by atomic mass is 10.3. The average Bonchev–Trinajstić information content (AvgIpc) is 2.99. The summed E-state index contributed by atoms with van der Waals surface area (Å²) in [6.07, 6.45) is 1.73. The number of hydrogen-bond acceptors (Lipinski definition) is 4. The molecule has 0 radical (unpaired) electrons. The Morgan fingerprint density at radius 1 is 1.27 bits per heavy atom. The van der Waals surface area contributed by atoms with Crippen molar-refractivity contribution in [3.63, 3.8) is 0 Å². The molecule has 2 heterocycles. The predicted molar refractivity (Wildman–Crippen MR) is 84.3 cm³/mol. The maximum atomic E-state index is 11.4. The number of rotatable bonds is 4. The molecule has 2 rings (SSSR count). The van der Waals surface area contributed by atoms with Crippen LogP contribution in [0.3, 0.4) is 0 Å². The van der Waals surface area contributed by atoms with Gasteiger partial charge in [-0.3, -0.25) is 4.79 Å². The van der Waals surface area contributed by atoms with Crippen molar-refractivity contribution in [1.29, 1.82) is 0 Å². The zero-order valence-corrected chi connectivity index (χ0v) is 13.6. The smallest absolute Gasteiger partial charge is 0.219 e. The first-order valence-corrected chi connectivity index (χ1v) is 7.81. The van der Waals surface area contributed by atoms with Crippen LogP contribution in [0.4, 0.5) is 0 Å². The summed E-state index contributed by atoms with van der Waals surface area (Å²) in [5.41, 5.74) is 0. The molecule has 1 amide bonds. The van der Waals surface area contributed by atoms with Crippen molar-refractivity contribution in [3.8, 4) is 0 Å². The first-order valence-electron chi connectivity index (χ1n) is 7.81. The average molecular weight is 307 g/mol. The number of amides is 1. The second-order valence-electron chi connectivity index (χ2n) is 5.20. The molecule has 1 aromatic heterocycles. The minimum Gasteiger partial charge on any atom is -0.357 e. The fraction of sp³-hybridized carbons (Fsp3) is 0.714. The van der Waals surface area contributed by atoms with Crippen molar-refractivity contribution >= 4 is 11.9 Å². The van der Waals surface area contributed by atoms with Gasteiger partial charge < -0.3 is 19.7 Å². The Labute approximate surface area is 131 Å². The monoisotopic (exact) mass is 307 g/mol. The summed E-state index contributed by atoms with van der Waals surface area (Å²) in [5.74, 6) is 1.87. The maximum Gasteiger partial charge on any atom is 0.219 e. The van der Waals surface area contributed by atoms with Gasteiger partial charge in [-0.05, 0) is 13.8 Å². The van der Waals surface area contributed by atoms with Crippen LogP contribution in [0.15, 0.2) is 11.3 Å². The van der Waals surface area contributed by atoms with Crippen LogP contribution in [0, 0.1) is 0 Å². The molecular formula is C14H25N7O. The summed E-state index contributed by atoms with van der Waals surface area (Å²) in [4.78, 5) is 20.1. The van der Waals surface area contributed by atoms with E-state index in [2.05, 4.69) is 39.3 Å². The third-order valence-corrected chi connectivity index (χ3v) is 3.77. The van der Waals surface area contributed by atoms with Crippen LogP contribution in [0.2, 0.25) is 0 Å². The summed E-state index contributed by atoms with van der Waals surface area (Å²) in [5, 5.41) is 11.3. The van der Waals surface area contributed by atoms with E-state index in [1.165, 1.54) is 0 Å². The number of aromatic nitrogens is 3. The van der Waals surface area contributed by atoms with Crippen molar-refractivity contribution < 1.29 is 4.79 Å². The quantitative estimate of drug-likeness (QED) is 0.622. The first kappa shape index (κ1) is 16.3. The number of guanidine groups is 1. The van der Waals surface area contributed by atoms with Gasteiger partial charge in [0.05, 0.1) is 0 Å². The molecule has 0 saturated carbocycles. The van der Waals surface area contributed by atoms with E-state index < -0.39 is 0 Å². The van der Waals surface area contributed by atoms with E-state index in [-0.39, 0.29) is 5.91 Å². The molecular weight excluding hydrogens is 282 g/mol. The Morgan fingerprint density at radius 2 is 1.95 bits per heavy atom. The third kappa shape index (κ3) is 3.96. The Kier molecular flexibility index (Phi) is 5.74. The number of hydrogen-bond donors (Lipinski definition) is 1.